The Kier molecular flexibility index (Phi) is 4.11. The molecule has 7 heteroatoms. The van der Waals surface area contributed by atoms with Crippen molar-refractivity contribution in [3.63, 3.8) is 0 Å². The average molecular weight is 371 g/mol. The number of aromatic nitrogens is 2. The molecule has 136 valence electrons. The Bertz CT molecular complexity index is 1100. The molecule has 4 rings (SSSR count). The normalized spacial score (nSPS) is 20.5. The van der Waals surface area contributed by atoms with Crippen LogP contribution in [0.1, 0.15) is 32.2 Å². The van der Waals surface area contributed by atoms with Crippen LogP contribution in [0.5, 0.6) is 0 Å². The predicted octanol–water partition coefficient (Wildman–Crippen LogP) is 3.49. The van der Waals surface area contributed by atoms with E-state index in [0.717, 1.165) is 24.8 Å². The lowest BCUT2D eigenvalue weighted by Gasteiger charge is -2.18. The van der Waals surface area contributed by atoms with Crippen LogP contribution in [-0.4, -0.2) is 18.0 Å². The van der Waals surface area contributed by atoms with Crippen LogP contribution in [0.2, 0.25) is 0 Å². The summed E-state index contributed by atoms with van der Waals surface area (Å²) in [5.74, 6) is 0.489. The highest BCUT2D eigenvalue weighted by Gasteiger charge is 2.28. The lowest BCUT2D eigenvalue weighted by molar-refractivity contribution is 0.418. The summed E-state index contributed by atoms with van der Waals surface area (Å²) in [5.41, 5.74) is 0.792. The second-order valence-corrected chi connectivity index (χ2v) is 8.59. The van der Waals surface area contributed by atoms with Crippen LogP contribution in [0, 0.1) is 5.92 Å². The molecule has 0 spiro atoms. The maximum absolute atomic E-state index is 12.7. The fraction of sp³-hybridized carbons (Fsp3) is 0.316. The number of fused-ring (bicyclic) bond motifs is 1. The second kappa shape index (κ2) is 6.32. The van der Waals surface area contributed by atoms with Gasteiger partial charge in [-0.2, -0.15) is 0 Å². The van der Waals surface area contributed by atoms with Gasteiger partial charge >= 0.3 is 0 Å². The number of H-pyrrole nitrogens is 1. The second-order valence-electron chi connectivity index (χ2n) is 6.91. The highest BCUT2D eigenvalue weighted by atomic mass is 32.2. The summed E-state index contributed by atoms with van der Waals surface area (Å²) < 4.78 is 30.1. The maximum Gasteiger partial charge on any atom is 0.261 e. The maximum atomic E-state index is 12.7. The summed E-state index contributed by atoms with van der Waals surface area (Å²) in [4.78, 5) is 15.2. The van der Waals surface area contributed by atoms with Crippen LogP contribution < -0.4 is 10.3 Å². The van der Waals surface area contributed by atoms with Crippen LogP contribution in [-0.2, 0) is 10.0 Å². The van der Waals surface area contributed by atoms with Crippen LogP contribution in [0.25, 0.3) is 10.9 Å². The molecule has 26 heavy (non-hydrogen) atoms. The van der Waals surface area contributed by atoms with Gasteiger partial charge in [-0.3, -0.25) is 9.52 Å². The molecule has 2 N–H and O–H groups in total. The van der Waals surface area contributed by atoms with Crippen molar-refractivity contribution in [2.75, 3.05) is 4.72 Å². The van der Waals surface area contributed by atoms with E-state index < -0.39 is 10.0 Å². The van der Waals surface area contributed by atoms with E-state index in [-0.39, 0.29) is 16.5 Å². The molecule has 2 heterocycles. The molecule has 0 amide bonds. The Morgan fingerprint density at radius 2 is 1.92 bits per heavy atom. The number of anilines is 1. The van der Waals surface area contributed by atoms with Crippen LogP contribution in [0.4, 0.5) is 5.69 Å². The van der Waals surface area contributed by atoms with E-state index in [1.165, 1.54) is 12.1 Å². The molecule has 3 aromatic rings. The van der Waals surface area contributed by atoms with Gasteiger partial charge in [0, 0.05) is 18.4 Å². The fourth-order valence-corrected chi connectivity index (χ4v) is 4.99. The number of benzene rings is 1. The van der Waals surface area contributed by atoms with Crippen LogP contribution in [0.3, 0.4) is 0 Å². The number of hydrogen-bond donors (Lipinski definition) is 2. The molecule has 1 aromatic carbocycles. The topological polar surface area (TPSA) is 84.0 Å². The number of hydrogen-bond acceptors (Lipinski definition) is 3. The van der Waals surface area contributed by atoms with E-state index in [4.69, 9.17) is 0 Å². The number of aromatic amines is 1. The van der Waals surface area contributed by atoms with E-state index in [0.29, 0.717) is 17.0 Å². The minimum atomic E-state index is -3.76. The third kappa shape index (κ3) is 2.82. The van der Waals surface area contributed by atoms with Gasteiger partial charge in [-0.05, 0) is 37.0 Å². The molecule has 0 bridgehead atoms. The monoisotopic (exact) mass is 371 g/mol. The van der Waals surface area contributed by atoms with Crippen molar-refractivity contribution >= 4 is 26.6 Å². The summed E-state index contributed by atoms with van der Waals surface area (Å²) in [7, 11) is -3.76. The first kappa shape index (κ1) is 16.9. The van der Waals surface area contributed by atoms with E-state index >= 15 is 0 Å². The van der Waals surface area contributed by atoms with Crippen molar-refractivity contribution in [2.24, 2.45) is 5.92 Å². The molecule has 2 atom stereocenters. The first-order valence-electron chi connectivity index (χ1n) is 8.77. The Hall–Kier alpha value is -2.54. The largest absolute Gasteiger partial charge is 0.342 e. The van der Waals surface area contributed by atoms with E-state index in [9.17, 15) is 13.2 Å². The minimum absolute atomic E-state index is 0.169. The quantitative estimate of drug-likeness (QED) is 0.736. The highest BCUT2D eigenvalue weighted by molar-refractivity contribution is 7.92. The summed E-state index contributed by atoms with van der Waals surface area (Å²) in [5, 5.41) is 0.381. The molecular formula is C19H21N3O3S. The Labute approximate surface area is 151 Å². The van der Waals surface area contributed by atoms with Gasteiger partial charge in [0.1, 0.15) is 0 Å². The number of pyridine rings is 1. The smallest absolute Gasteiger partial charge is 0.261 e. The first-order chi connectivity index (χ1) is 12.5. The molecule has 0 saturated heterocycles. The van der Waals surface area contributed by atoms with E-state index in [1.807, 2.05) is 6.07 Å². The van der Waals surface area contributed by atoms with Gasteiger partial charge in [0.2, 0.25) is 0 Å². The summed E-state index contributed by atoms with van der Waals surface area (Å²) in [6, 6.07) is 10.3. The Balaban J connectivity index is 1.84. The number of nitrogens with zero attached hydrogens (tertiary/aromatic N) is 1. The van der Waals surface area contributed by atoms with Gasteiger partial charge in [0.05, 0.1) is 21.5 Å². The molecular weight excluding hydrogens is 350 g/mol. The molecule has 0 unspecified atom stereocenters. The molecule has 0 radical (unpaired) electrons. The lowest BCUT2D eigenvalue weighted by Crippen LogP contribution is -2.14. The number of rotatable bonds is 4. The third-order valence-electron chi connectivity index (χ3n) is 5.23. The van der Waals surface area contributed by atoms with Crippen molar-refractivity contribution in [3.8, 4) is 0 Å². The molecule has 0 aliphatic heterocycles. The Morgan fingerprint density at radius 1 is 1.15 bits per heavy atom. The molecule has 1 fully saturated rings. The van der Waals surface area contributed by atoms with Gasteiger partial charge < -0.3 is 9.55 Å². The summed E-state index contributed by atoms with van der Waals surface area (Å²) in [6.07, 6.45) is 6.68. The van der Waals surface area contributed by atoms with Gasteiger partial charge in [-0.1, -0.05) is 31.5 Å². The van der Waals surface area contributed by atoms with Crippen molar-refractivity contribution in [3.05, 3.63) is 59.1 Å². The zero-order valence-electron chi connectivity index (χ0n) is 14.5. The first-order valence-corrected chi connectivity index (χ1v) is 10.3. The van der Waals surface area contributed by atoms with Gasteiger partial charge in [-0.15, -0.1) is 0 Å². The Morgan fingerprint density at radius 3 is 2.62 bits per heavy atom. The molecule has 1 aliphatic rings. The van der Waals surface area contributed by atoms with Gasteiger partial charge in [0.15, 0.2) is 0 Å². The molecule has 6 nitrogen and oxygen atoms in total. The summed E-state index contributed by atoms with van der Waals surface area (Å²) >= 11 is 0. The third-order valence-corrected chi connectivity index (χ3v) is 6.61. The number of nitrogens with one attached hydrogen (secondary N) is 2. The average Bonchev–Trinajstić information content (AvgIpc) is 3.20. The van der Waals surface area contributed by atoms with Crippen molar-refractivity contribution in [1.82, 2.24) is 9.55 Å². The zero-order chi connectivity index (χ0) is 18.3. The van der Waals surface area contributed by atoms with Crippen molar-refractivity contribution in [1.29, 1.82) is 0 Å². The van der Waals surface area contributed by atoms with Crippen LogP contribution in [0.15, 0.2) is 58.5 Å². The SMILES string of the molecule is C[C@H]1CCC[C@H]1n1cc(NS(=O)(=O)c2ccccc2)c2c(=O)[nH]ccc21. The van der Waals surface area contributed by atoms with E-state index in [1.54, 1.807) is 30.6 Å². The summed E-state index contributed by atoms with van der Waals surface area (Å²) in [6.45, 7) is 2.20. The molecule has 1 saturated carbocycles. The van der Waals surface area contributed by atoms with Gasteiger partial charge in [-0.25, -0.2) is 8.42 Å². The standard InChI is InChI=1S/C19H21N3O3S/c1-13-6-5-9-16(13)22-12-15(18-17(22)10-11-20-19(18)23)21-26(24,25)14-7-3-2-4-8-14/h2-4,7-8,10-13,16,21H,5-6,9H2,1H3,(H,20,23)/t13-,16+/m0/s1. The fourth-order valence-electron chi connectivity index (χ4n) is 3.91. The minimum Gasteiger partial charge on any atom is -0.342 e. The number of sulfonamides is 1. The van der Waals surface area contributed by atoms with Crippen molar-refractivity contribution < 1.29 is 8.42 Å². The lowest BCUT2D eigenvalue weighted by atomic mass is 10.1. The van der Waals surface area contributed by atoms with Crippen molar-refractivity contribution in [2.45, 2.75) is 37.1 Å². The zero-order valence-corrected chi connectivity index (χ0v) is 15.3. The predicted molar refractivity (Wildman–Crippen MR) is 102 cm³/mol. The van der Waals surface area contributed by atoms with Gasteiger partial charge in [0.25, 0.3) is 15.6 Å². The highest BCUT2D eigenvalue weighted by Crippen LogP contribution is 2.39. The molecule has 1 aliphatic carbocycles. The molecule has 2 aromatic heterocycles. The van der Waals surface area contributed by atoms with E-state index in [2.05, 4.69) is 21.2 Å². The van der Waals surface area contributed by atoms with Crippen LogP contribution >= 0.6 is 0 Å².